The molecule has 0 bridgehead atoms. The van der Waals surface area contributed by atoms with E-state index in [4.69, 9.17) is 4.74 Å². The number of ether oxygens (including phenoxy) is 1. The van der Waals surface area contributed by atoms with Crippen LogP contribution in [-0.2, 0) is 4.74 Å². The third kappa shape index (κ3) is 2.71. The van der Waals surface area contributed by atoms with Crippen molar-refractivity contribution in [1.82, 2.24) is 4.98 Å². The number of pyridine rings is 1. The Morgan fingerprint density at radius 2 is 2.46 bits per heavy atom. The molecule has 1 rings (SSSR count). The molecule has 0 saturated carbocycles. The summed E-state index contributed by atoms with van der Waals surface area (Å²) in [7, 11) is 0. The molecule has 1 aromatic heterocycles. The molecule has 0 aliphatic carbocycles. The third-order valence-corrected chi connectivity index (χ3v) is 1.48. The van der Waals surface area contributed by atoms with E-state index in [-0.39, 0.29) is 12.6 Å². The van der Waals surface area contributed by atoms with Gasteiger partial charge in [-0.3, -0.25) is 4.98 Å². The second kappa shape index (κ2) is 4.40. The molecule has 0 atom stereocenters. The Morgan fingerprint density at radius 3 is 3.00 bits per heavy atom. The van der Waals surface area contributed by atoms with E-state index in [0.29, 0.717) is 5.56 Å². The standard InChI is InChI=1S/C10H11NO2/c1-3-6-13-10(12)9-5-4-8(2)11-7-9/h3-5,7H,1,6H2,2H3. The number of nitrogens with zero attached hydrogens (tertiary/aromatic N) is 1. The molecule has 0 unspecified atom stereocenters. The third-order valence-electron chi connectivity index (χ3n) is 1.48. The van der Waals surface area contributed by atoms with E-state index in [1.807, 2.05) is 6.92 Å². The van der Waals surface area contributed by atoms with Gasteiger partial charge in [-0.1, -0.05) is 12.7 Å². The average molecular weight is 177 g/mol. The summed E-state index contributed by atoms with van der Waals surface area (Å²) in [6.07, 6.45) is 3.03. The number of rotatable bonds is 3. The Balaban J connectivity index is 2.66. The molecule has 0 radical (unpaired) electrons. The summed E-state index contributed by atoms with van der Waals surface area (Å²) in [6.45, 7) is 5.54. The van der Waals surface area contributed by atoms with Gasteiger partial charge in [0.1, 0.15) is 6.61 Å². The predicted octanol–water partition coefficient (Wildman–Crippen LogP) is 1.73. The van der Waals surface area contributed by atoms with Crippen molar-refractivity contribution >= 4 is 5.97 Å². The zero-order valence-electron chi connectivity index (χ0n) is 7.49. The normalized spacial score (nSPS) is 9.31. The van der Waals surface area contributed by atoms with Gasteiger partial charge in [-0.25, -0.2) is 4.79 Å². The van der Waals surface area contributed by atoms with Crippen LogP contribution in [0.25, 0.3) is 0 Å². The van der Waals surface area contributed by atoms with Crippen molar-refractivity contribution in [2.24, 2.45) is 0 Å². The highest BCUT2D eigenvalue weighted by Gasteiger charge is 2.05. The van der Waals surface area contributed by atoms with Crippen LogP contribution in [0.5, 0.6) is 0 Å². The summed E-state index contributed by atoms with van der Waals surface area (Å²) in [5, 5.41) is 0. The number of esters is 1. The molecule has 0 spiro atoms. The Hall–Kier alpha value is -1.64. The first-order valence-corrected chi connectivity index (χ1v) is 3.94. The van der Waals surface area contributed by atoms with Crippen LogP contribution in [0, 0.1) is 6.92 Å². The maximum Gasteiger partial charge on any atom is 0.340 e. The highest BCUT2D eigenvalue weighted by Crippen LogP contribution is 2.01. The highest BCUT2D eigenvalue weighted by atomic mass is 16.5. The van der Waals surface area contributed by atoms with Gasteiger partial charge in [0.05, 0.1) is 5.56 Å². The Bertz CT molecular complexity index is 303. The quantitative estimate of drug-likeness (QED) is 0.521. The minimum Gasteiger partial charge on any atom is -0.458 e. The largest absolute Gasteiger partial charge is 0.458 e. The molecule has 3 heteroatoms. The molecule has 0 saturated heterocycles. The number of carbonyl (C=O) groups is 1. The molecule has 68 valence electrons. The second-order valence-electron chi connectivity index (χ2n) is 2.58. The lowest BCUT2D eigenvalue weighted by atomic mass is 10.2. The van der Waals surface area contributed by atoms with Crippen LogP contribution in [0.2, 0.25) is 0 Å². The van der Waals surface area contributed by atoms with E-state index in [1.54, 1.807) is 12.1 Å². The van der Waals surface area contributed by atoms with Crippen LogP contribution < -0.4 is 0 Å². The van der Waals surface area contributed by atoms with Crippen LogP contribution in [0.4, 0.5) is 0 Å². The first-order valence-electron chi connectivity index (χ1n) is 3.94. The Morgan fingerprint density at radius 1 is 1.69 bits per heavy atom. The molecule has 0 aromatic carbocycles. The van der Waals surface area contributed by atoms with Gasteiger partial charge >= 0.3 is 5.97 Å². The van der Waals surface area contributed by atoms with Crippen molar-refractivity contribution in [3.05, 3.63) is 42.2 Å². The molecular weight excluding hydrogens is 166 g/mol. The minimum atomic E-state index is -0.368. The van der Waals surface area contributed by atoms with Crippen molar-refractivity contribution in [3.63, 3.8) is 0 Å². The Labute approximate surface area is 77.1 Å². The van der Waals surface area contributed by atoms with E-state index in [9.17, 15) is 4.79 Å². The molecule has 0 aliphatic heterocycles. The molecule has 0 N–H and O–H groups in total. The van der Waals surface area contributed by atoms with Gasteiger partial charge in [-0.15, -0.1) is 0 Å². The smallest absolute Gasteiger partial charge is 0.340 e. The molecule has 1 aromatic rings. The van der Waals surface area contributed by atoms with Crippen molar-refractivity contribution in [1.29, 1.82) is 0 Å². The zero-order valence-corrected chi connectivity index (χ0v) is 7.49. The lowest BCUT2D eigenvalue weighted by molar-refractivity contribution is 0.0549. The van der Waals surface area contributed by atoms with Gasteiger partial charge in [0.2, 0.25) is 0 Å². The molecule has 1 heterocycles. The van der Waals surface area contributed by atoms with E-state index in [2.05, 4.69) is 11.6 Å². The summed E-state index contributed by atoms with van der Waals surface area (Å²) in [6, 6.07) is 3.46. The monoisotopic (exact) mass is 177 g/mol. The van der Waals surface area contributed by atoms with Gasteiger partial charge in [-0.05, 0) is 19.1 Å². The van der Waals surface area contributed by atoms with Crippen LogP contribution in [0.1, 0.15) is 16.1 Å². The molecule has 3 nitrogen and oxygen atoms in total. The fraction of sp³-hybridized carbons (Fsp3) is 0.200. The summed E-state index contributed by atoms with van der Waals surface area (Å²) in [5.74, 6) is -0.368. The number of aryl methyl sites for hydroxylation is 1. The van der Waals surface area contributed by atoms with E-state index < -0.39 is 0 Å². The van der Waals surface area contributed by atoms with E-state index in [1.165, 1.54) is 12.3 Å². The maximum absolute atomic E-state index is 11.2. The summed E-state index contributed by atoms with van der Waals surface area (Å²) in [5.41, 5.74) is 1.34. The van der Waals surface area contributed by atoms with Crippen molar-refractivity contribution in [2.75, 3.05) is 6.61 Å². The second-order valence-corrected chi connectivity index (χ2v) is 2.58. The highest BCUT2D eigenvalue weighted by molar-refractivity contribution is 5.89. The molecular formula is C10H11NO2. The predicted molar refractivity (Wildman–Crippen MR) is 49.5 cm³/mol. The molecule has 0 fully saturated rings. The van der Waals surface area contributed by atoms with E-state index in [0.717, 1.165) is 5.69 Å². The number of aromatic nitrogens is 1. The summed E-state index contributed by atoms with van der Waals surface area (Å²) >= 11 is 0. The van der Waals surface area contributed by atoms with Crippen molar-refractivity contribution in [3.8, 4) is 0 Å². The SMILES string of the molecule is C=CCOC(=O)c1ccc(C)nc1. The lowest BCUT2D eigenvalue weighted by Gasteiger charge is -2.00. The molecule has 0 amide bonds. The summed E-state index contributed by atoms with van der Waals surface area (Å²) in [4.78, 5) is 15.2. The lowest BCUT2D eigenvalue weighted by Crippen LogP contribution is -2.05. The number of carbonyl (C=O) groups excluding carboxylic acids is 1. The topological polar surface area (TPSA) is 39.2 Å². The first kappa shape index (κ1) is 9.45. The van der Waals surface area contributed by atoms with Gasteiger partial charge in [0.15, 0.2) is 0 Å². The fourth-order valence-corrected chi connectivity index (χ4v) is 0.806. The fourth-order valence-electron chi connectivity index (χ4n) is 0.806. The van der Waals surface area contributed by atoms with Crippen LogP contribution in [-0.4, -0.2) is 17.6 Å². The van der Waals surface area contributed by atoms with Crippen LogP contribution >= 0.6 is 0 Å². The van der Waals surface area contributed by atoms with Gasteiger partial charge < -0.3 is 4.74 Å². The van der Waals surface area contributed by atoms with Crippen LogP contribution in [0.3, 0.4) is 0 Å². The summed E-state index contributed by atoms with van der Waals surface area (Å²) < 4.78 is 4.82. The Kier molecular flexibility index (Phi) is 3.20. The maximum atomic E-state index is 11.2. The van der Waals surface area contributed by atoms with E-state index >= 15 is 0 Å². The molecule has 13 heavy (non-hydrogen) atoms. The molecule has 0 aliphatic rings. The minimum absolute atomic E-state index is 0.229. The first-order chi connectivity index (χ1) is 6.24. The van der Waals surface area contributed by atoms with Crippen molar-refractivity contribution < 1.29 is 9.53 Å². The number of hydrogen-bond donors (Lipinski definition) is 0. The van der Waals surface area contributed by atoms with Gasteiger partial charge in [0, 0.05) is 11.9 Å². The van der Waals surface area contributed by atoms with Crippen molar-refractivity contribution in [2.45, 2.75) is 6.92 Å². The van der Waals surface area contributed by atoms with Crippen LogP contribution in [0.15, 0.2) is 31.0 Å². The van der Waals surface area contributed by atoms with Gasteiger partial charge in [0.25, 0.3) is 0 Å². The average Bonchev–Trinajstić information content (AvgIpc) is 2.15. The zero-order chi connectivity index (χ0) is 9.68. The van der Waals surface area contributed by atoms with Gasteiger partial charge in [-0.2, -0.15) is 0 Å². The number of hydrogen-bond acceptors (Lipinski definition) is 3.